The average molecular weight is 563 g/mol. The van der Waals surface area contributed by atoms with E-state index in [1.807, 2.05) is 0 Å². The minimum atomic E-state index is -0.439. The van der Waals surface area contributed by atoms with Crippen molar-refractivity contribution in [1.82, 2.24) is 0 Å². The zero-order valence-electron chi connectivity index (χ0n) is 27.9. The lowest BCUT2D eigenvalue weighted by Crippen LogP contribution is -2.32. The molecule has 3 unspecified atom stereocenters. The van der Waals surface area contributed by atoms with E-state index in [1.54, 1.807) is 0 Å². The van der Waals surface area contributed by atoms with Gasteiger partial charge in [0, 0.05) is 0 Å². The standard InChI is InChI=1S/C38H58O3/c1-11-14-16-17-37(8,9)23-27-19-29(25(4)5)33-31(21-27)35-40-34-30(26(6)7)20-28(22-32(34)36(39-33)41-35)24-38(10,13-3)18-15-12-2/h19-22,25-26,35-36H,11-18,23-24H2,1-10H3. The summed E-state index contributed by atoms with van der Waals surface area (Å²) in [6, 6.07) is 9.41. The monoisotopic (exact) mass is 562 g/mol. The van der Waals surface area contributed by atoms with Crippen LogP contribution in [0.1, 0.15) is 178 Å². The molecule has 0 aliphatic carbocycles. The van der Waals surface area contributed by atoms with Gasteiger partial charge in [0.05, 0.1) is 11.1 Å². The molecular weight excluding hydrogens is 504 g/mol. The molecule has 0 saturated carbocycles. The van der Waals surface area contributed by atoms with E-state index in [-0.39, 0.29) is 5.41 Å². The molecule has 0 aromatic heterocycles. The van der Waals surface area contributed by atoms with Crippen LogP contribution in [0.4, 0.5) is 0 Å². The van der Waals surface area contributed by atoms with Crippen molar-refractivity contribution < 1.29 is 14.2 Å². The molecule has 2 aliphatic heterocycles. The maximum atomic E-state index is 6.80. The second kappa shape index (κ2) is 13.1. The fourth-order valence-electron chi connectivity index (χ4n) is 6.80. The van der Waals surface area contributed by atoms with Gasteiger partial charge in [0.15, 0.2) is 0 Å². The minimum Gasteiger partial charge on any atom is -0.459 e. The van der Waals surface area contributed by atoms with E-state index in [0.29, 0.717) is 17.3 Å². The SMILES string of the molecule is CCCCCC(C)(C)Cc1cc(C(C)C)c2c(c1)C1Oc3c(C(C)C)cc(CC(C)(CC)CCCC)cc3C(O2)O1. The topological polar surface area (TPSA) is 27.7 Å². The first-order chi connectivity index (χ1) is 19.4. The summed E-state index contributed by atoms with van der Waals surface area (Å²) in [6.07, 6.45) is 11.3. The Kier molecular flexibility index (Phi) is 10.2. The van der Waals surface area contributed by atoms with Crippen LogP contribution in [-0.4, -0.2) is 0 Å². The zero-order valence-corrected chi connectivity index (χ0v) is 27.9. The summed E-state index contributed by atoms with van der Waals surface area (Å²) in [7, 11) is 0. The van der Waals surface area contributed by atoms with E-state index in [1.165, 1.54) is 73.6 Å². The Morgan fingerprint density at radius 1 is 0.659 bits per heavy atom. The number of fused-ring (bicyclic) bond motifs is 6. The molecule has 3 heteroatoms. The number of rotatable bonds is 14. The minimum absolute atomic E-state index is 0.252. The summed E-state index contributed by atoms with van der Waals surface area (Å²) in [4.78, 5) is 0. The summed E-state index contributed by atoms with van der Waals surface area (Å²) in [6.45, 7) is 23.3. The average Bonchev–Trinajstić information content (AvgIpc) is 2.91. The van der Waals surface area contributed by atoms with Gasteiger partial charge in [-0.1, -0.05) is 120 Å². The molecule has 2 aliphatic rings. The van der Waals surface area contributed by atoms with Gasteiger partial charge >= 0.3 is 0 Å². The highest BCUT2D eigenvalue weighted by Gasteiger charge is 2.41. The first kappa shape index (κ1) is 31.9. The number of hydrogen-bond acceptors (Lipinski definition) is 3. The number of ether oxygens (including phenoxy) is 3. The van der Waals surface area contributed by atoms with Crippen LogP contribution < -0.4 is 9.47 Å². The smallest absolute Gasteiger partial charge is 0.233 e. The van der Waals surface area contributed by atoms with Crippen LogP contribution >= 0.6 is 0 Å². The Morgan fingerprint density at radius 3 is 1.63 bits per heavy atom. The lowest BCUT2D eigenvalue weighted by molar-refractivity contribution is -0.228. The molecule has 3 nitrogen and oxygen atoms in total. The van der Waals surface area contributed by atoms with Gasteiger partial charge < -0.3 is 9.47 Å². The summed E-state index contributed by atoms with van der Waals surface area (Å²) in [5, 5.41) is 0. The second-order valence-corrected chi connectivity index (χ2v) is 14.8. The zero-order chi connectivity index (χ0) is 29.9. The highest BCUT2D eigenvalue weighted by Crippen LogP contribution is 2.53. The number of unbranched alkanes of at least 4 members (excludes halogenated alkanes) is 3. The van der Waals surface area contributed by atoms with E-state index in [9.17, 15) is 0 Å². The van der Waals surface area contributed by atoms with Crippen LogP contribution in [0.15, 0.2) is 24.3 Å². The van der Waals surface area contributed by atoms with Crippen molar-refractivity contribution in [3.8, 4) is 11.5 Å². The fraction of sp³-hybridized carbons (Fsp3) is 0.684. The van der Waals surface area contributed by atoms with E-state index in [2.05, 4.69) is 93.5 Å². The second-order valence-electron chi connectivity index (χ2n) is 14.8. The maximum absolute atomic E-state index is 6.80. The van der Waals surface area contributed by atoms with Crippen molar-refractivity contribution >= 4 is 0 Å². The lowest BCUT2D eigenvalue weighted by Gasteiger charge is -2.41. The Bertz CT molecular complexity index is 1180. The van der Waals surface area contributed by atoms with Crippen molar-refractivity contribution in [1.29, 1.82) is 0 Å². The van der Waals surface area contributed by atoms with Crippen molar-refractivity contribution in [3.63, 3.8) is 0 Å². The number of benzene rings is 2. The van der Waals surface area contributed by atoms with Gasteiger partial charge in [0.1, 0.15) is 11.5 Å². The van der Waals surface area contributed by atoms with E-state index in [4.69, 9.17) is 14.2 Å². The van der Waals surface area contributed by atoms with Gasteiger partial charge in [0.2, 0.25) is 12.6 Å². The molecule has 3 atom stereocenters. The van der Waals surface area contributed by atoms with Gasteiger partial charge in [-0.15, -0.1) is 0 Å². The Labute approximate surface area is 251 Å². The molecule has 2 aromatic rings. The maximum Gasteiger partial charge on any atom is 0.233 e. The van der Waals surface area contributed by atoms with Gasteiger partial charge in [-0.25, -0.2) is 0 Å². The molecule has 0 fully saturated rings. The third-order valence-electron chi connectivity index (χ3n) is 9.62. The van der Waals surface area contributed by atoms with Gasteiger partial charge in [-0.2, -0.15) is 0 Å². The highest BCUT2D eigenvalue weighted by molar-refractivity contribution is 5.54. The molecule has 0 amide bonds. The molecule has 2 bridgehead atoms. The summed E-state index contributed by atoms with van der Waals surface area (Å²) < 4.78 is 20.1. The quantitative estimate of drug-likeness (QED) is 0.214. The Balaban J connectivity index is 1.70. The molecule has 0 spiro atoms. The van der Waals surface area contributed by atoms with E-state index >= 15 is 0 Å². The van der Waals surface area contributed by atoms with Crippen LogP contribution in [0.2, 0.25) is 0 Å². The van der Waals surface area contributed by atoms with Crippen LogP contribution in [0.25, 0.3) is 0 Å². The molecule has 2 heterocycles. The largest absolute Gasteiger partial charge is 0.459 e. The van der Waals surface area contributed by atoms with Crippen molar-refractivity contribution in [2.45, 2.75) is 158 Å². The lowest BCUT2D eigenvalue weighted by atomic mass is 9.76. The van der Waals surface area contributed by atoms with Crippen LogP contribution in [0.5, 0.6) is 11.5 Å². The molecule has 2 aromatic carbocycles. The van der Waals surface area contributed by atoms with Gasteiger partial charge in [0.25, 0.3) is 0 Å². The third kappa shape index (κ3) is 7.32. The predicted octanol–water partition coefficient (Wildman–Crippen LogP) is 11.7. The Hall–Kier alpha value is -2.00. The molecule has 0 N–H and O–H groups in total. The van der Waals surface area contributed by atoms with Crippen LogP contribution in [0, 0.1) is 10.8 Å². The fourth-order valence-corrected chi connectivity index (χ4v) is 6.80. The first-order valence-electron chi connectivity index (χ1n) is 16.7. The van der Waals surface area contributed by atoms with Crippen molar-refractivity contribution in [2.75, 3.05) is 0 Å². The van der Waals surface area contributed by atoms with E-state index < -0.39 is 12.6 Å². The Morgan fingerprint density at radius 2 is 1.17 bits per heavy atom. The van der Waals surface area contributed by atoms with Gasteiger partial charge in [-0.05, 0) is 82.7 Å². The van der Waals surface area contributed by atoms with Crippen molar-refractivity contribution in [2.24, 2.45) is 10.8 Å². The molecule has 41 heavy (non-hydrogen) atoms. The normalized spacial score (nSPS) is 19.4. The van der Waals surface area contributed by atoms with Crippen LogP contribution in [-0.2, 0) is 17.6 Å². The summed E-state index contributed by atoms with van der Waals surface area (Å²) in [5.41, 5.74) is 7.93. The van der Waals surface area contributed by atoms with E-state index in [0.717, 1.165) is 35.5 Å². The first-order valence-corrected chi connectivity index (χ1v) is 16.7. The predicted molar refractivity (Wildman–Crippen MR) is 172 cm³/mol. The molecular formula is C38H58O3. The highest BCUT2D eigenvalue weighted by atomic mass is 16.8. The molecule has 0 saturated heterocycles. The summed E-state index contributed by atoms with van der Waals surface area (Å²) in [5.74, 6) is 2.65. The summed E-state index contributed by atoms with van der Waals surface area (Å²) >= 11 is 0. The third-order valence-corrected chi connectivity index (χ3v) is 9.62. The van der Waals surface area contributed by atoms with Crippen LogP contribution in [0.3, 0.4) is 0 Å². The van der Waals surface area contributed by atoms with Gasteiger partial charge in [-0.3, -0.25) is 4.74 Å². The molecule has 4 rings (SSSR count). The number of hydrogen-bond donors (Lipinski definition) is 0. The van der Waals surface area contributed by atoms with Crippen molar-refractivity contribution in [3.05, 3.63) is 57.6 Å². The molecule has 228 valence electrons. The molecule has 0 radical (unpaired) electrons.